The molecule has 0 saturated carbocycles. The lowest BCUT2D eigenvalue weighted by Gasteiger charge is -2.14. The van der Waals surface area contributed by atoms with Crippen LogP contribution >= 0.6 is 11.8 Å². The number of aliphatic carboxylic acids is 1. The lowest BCUT2D eigenvalue weighted by atomic mass is 10.3. The molecule has 0 aliphatic carbocycles. The van der Waals surface area contributed by atoms with Crippen LogP contribution in [0.5, 0.6) is 5.75 Å². The van der Waals surface area contributed by atoms with Gasteiger partial charge in [0.1, 0.15) is 11.9 Å². The molecule has 8 heteroatoms. The second kappa shape index (κ2) is 7.28. The monoisotopic (exact) mass is 323 g/mol. The van der Waals surface area contributed by atoms with Crippen molar-refractivity contribution in [3.63, 3.8) is 0 Å². The standard InChI is InChI=1S/C14H17N3O4S/c1-9(20-2)13-15-16-14(22-8-12(18)19)17(13)10-5-4-6-11(7-10)21-3/h4-7,9H,8H2,1-3H3,(H,18,19). The Balaban J connectivity index is 2.48. The van der Waals surface area contributed by atoms with E-state index in [2.05, 4.69) is 10.2 Å². The Bertz CT molecular complexity index is 659. The zero-order valence-corrected chi connectivity index (χ0v) is 13.3. The number of carboxylic acid groups (broad SMARTS) is 1. The SMILES string of the molecule is COc1cccc(-n2c(SCC(=O)O)nnc2C(C)OC)c1. The van der Waals surface area contributed by atoms with E-state index in [4.69, 9.17) is 14.6 Å². The Labute approximate surface area is 132 Å². The molecule has 0 aliphatic heterocycles. The number of aromatic nitrogens is 3. The van der Waals surface area contributed by atoms with Crippen molar-refractivity contribution in [2.45, 2.75) is 18.2 Å². The molecule has 1 aromatic carbocycles. The van der Waals surface area contributed by atoms with Gasteiger partial charge in [-0.05, 0) is 19.1 Å². The van der Waals surface area contributed by atoms with Gasteiger partial charge in [0.05, 0.1) is 18.6 Å². The largest absolute Gasteiger partial charge is 0.497 e. The predicted octanol–water partition coefficient (Wildman–Crippen LogP) is 2.16. The maximum absolute atomic E-state index is 10.8. The summed E-state index contributed by atoms with van der Waals surface area (Å²) in [6.07, 6.45) is -0.280. The minimum atomic E-state index is -0.911. The molecule has 0 spiro atoms. The summed E-state index contributed by atoms with van der Waals surface area (Å²) in [7, 11) is 3.17. The van der Waals surface area contributed by atoms with Crippen molar-refractivity contribution in [2.24, 2.45) is 0 Å². The van der Waals surface area contributed by atoms with Gasteiger partial charge in [-0.3, -0.25) is 9.36 Å². The molecule has 1 atom stereocenters. The topological polar surface area (TPSA) is 86.5 Å². The summed E-state index contributed by atoms with van der Waals surface area (Å²) in [5.74, 6) is 0.287. The molecule has 2 rings (SSSR count). The second-order valence-electron chi connectivity index (χ2n) is 4.44. The molecular weight excluding hydrogens is 306 g/mol. The molecule has 0 saturated heterocycles. The fraction of sp³-hybridized carbons (Fsp3) is 0.357. The van der Waals surface area contributed by atoms with Crippen LogP contribution in [0.2, 0.25) is 0 Å². The van der Waals surface area contributed by atoms with Crippen molar-refractivity contribution in [2.75, 3.05) is 20.0 Å². The number of rotatable bonds is 7. The number of hydrogen-bond donors (Lipinski definition) is 1. The minimum absolute atomic E-state index is 0.0938. The van der Waals surface area contributed by atoms with Crippen molar-refractivity contribution in [1.82, 2.24) is 14.8 Å². The van der Waals surface area contributed by atoms with Gasteiger partial charge >= 0.3 is 5.97 Å². The normalized spacial score (nSPS) is 12.1. The molecule has 0 fully saturated rings. The van der Waals surface area contributed by atoms with Crippen LogP contribution in [0.4, 0.5) is 0 Å². The number of benzene rings is 1. The molecule has 22 heavy (non-hydrogen) atoms. The number of nitrogens with zero attached hydrogens (tertiary/aromatic N) is 3. The highest BCUT2D eigenvalue weighted by Crippen LogP contribution is 2.27. The third-order valence-corrected chi connectivity index (χ3v) is 3.93. The van der Waals surface area contributed by atoms with E-state index in [1.165, 1.54) is 0 Å². The van der Waals surface area contributed by atoms with Crippen LogP contribution in [0.25, 0.3) is 5.69 Å². The molecule has 0 amide bonds. The van der Waals surface area contributed by atoms with Crippen LogP contribution in [-0.2, 0) is 9.53 Å². The highest BCUT2D eigenvalue weighted by atomic mass is 32.2. The first-order chi connectivity index (χ1) is 10.6. The Morgan fingerprint density at radius 1 is 1.41 bits per heavy atom. The highest BCUT2D eigenvalue weighted by Gasteiger charge is 2.20. The van der Waals surface area contributed by atoms with Gasteiger partial charge in [-0.25, -0.2) is 0 Å². The molecule has 0 bridgehead atoms. The number of thioether (sulfide) groups is 1. The number of hydrogen-bond acceptors (Lipinski definition) is 6. The van der Waals surface area contributed by atoms with Crippen LogP contribution < -0.4 is 4.74 Å². The summed E-state index contributed by atoms with van der Waals surface area (Å²) in [4.78, 5) is 10.8. The van der Waals surface area contributed by atoms with Gasteiger partial charge < -0.3 is 14.6 Å². The van der Waals surface area contributed by atoms with Gasteiger partial charge in [-0.15, -0.1) is 10.2 Å². The van der Waals surface area contributed by atoms with Gasteiger partial charge in [0.25, 0.3) is 0 Å². The zero-order valence-electron chi connectivity index (χ0n) is 12.5. The van der Waals surface area contributed by atoms with Crippen LogP contribution in [0.1, 0.15) is 18.9 Å². The molecule has 1 unspecified atom stereocenters. The van der Waals surface area contributed by atoms with Gasteiger partial charge in [0, 0.05) is 13.2 Å². The van der Waals surface area contributed by atoms with Gasteiger partial charge in [-0.2, -0.15) is 0 Å². The number of carbonyl (C=O) groups is 1. The second-order valence-corrected chi connectivity index (χ2v) is 5.38. The highest BCUT2D eigenvalue weighted by molar-refractivity contribution is 7.99. The lowest BCUT2D eigenvalue weighted by molar-refractivity contribution is -0.133. The van der Waals surface area contributed by atoms with Gasteiger partial charge in [0.15, 0.2) is 11.0 Å². The summed E-state index contributed by atoms with van der Waals surface area (Å²) in [6.45, 7) is 1.85. The van der Waals surface area contributed by atoms with Crippen LogP contribution in [0, 0.1) is 0 Å². The van der Waals surface area contributed by atoms with E-state index in [0.717, 1.165) is 17.4 Å². The van der Waals surface area contributed by atoms with Gasteiger partial charge in [-0.1, -0.05) is 17.8 Å². The van der Waals surface area contributed by atoms with Crippen molar-refractivity contribution < 1.29 is 19.4 Å². The predicted molar refractivity (Wildman–Crippen MR) is 81.7 cm³/mol. The van der Waals surface area contributed by atoms with Crippen molar-refractivity contribution >= 4 is 17.7 Å². The van der Waals surface area contributed by atoms with Crippen LogP contribution in [0.15, 0.2) is 29.4 Å². The fourth-order valence-electron chi connectivity index (χ4n) is 1.86. The maximum Gasteiger partial charge on any atom is 0.313 e. The summed E-state index contributed by atoms with van der Waals surface area (Å²) in [5, 5.41) is 17.6. The molecule has 118 valence electrons. The van der Waals surface area contributed by atoms with E-state index < -0.39 is 5.97 Å². The maximum atomic E-state index is 10.8. The summed E-state index contributed by atoms with van der Waals surface area (Å²) in [5.41, 5.74) is 0.788. The van der Waals surface area contributed by atoms with Crippen molar-refractivity contribution in [3.8, 4) is 11.4 Å². The van der Waals surface area contributed by atoms with Crippen molar-refractivity contribution in [3.05, 3.63) is 30.1 Å². The molecule has 1 aromatic heterocycles. The zero-order chi connectivity index (χ0) is 16.1. The van der Waals surface area contributed by atoms with E-state index in [1.807, 2.05) is 31.2 Å². The number of methoxy groups -OCH3 is 2. The summed E-state index contributed by atoms with van der Waals surface area (Å²) < 4.78 is 12.3. The third-order valence-electron chi connectivity index (χ3n) is 3.01. The van der Waals surface area contributed by atoms with Crippen LogP contribution in [0.3, 0.4) is 0 Å². The summed E-state index contributed by atoms with van der Waals surface area (Å²) in [6, 6.07) is 7.39. The average molecular weight is 323 g/mol. The summed E-state index contributed by atoms with van der Waals surface area (Å²) >= 11 is 1.11. The Hall–Kier alpha value is -2.06. The first kappa shape index (κ1) is 16.3. The average Bonchev–Trinajstić information content (AvgIpc) is 2.96. The number of ether oxygens (including phenoxy) is 2. The number of carboxylic acids is 1. The van der Waals surface area contributed by atoms with Gasteiger partial charge in [0.2, 0.25) is 0 Å². The molecule has 1 N–H and O–H groups in total. The molecule has 0 radical (unpaired) electrons. The van der Waals surface area contributed by atoms with E-state index in [-0.39, 0.29) is 11.9 Å². The minimum Gasteiger partial charge on any atom is -0.497 e. The van der Waals surface area contributed by atoms with E-state index in [1.54, 1.807) is 18.8 Å². The fourth-order valence-corrected chi connectivity index (χ4v) is 2.54. The Morgan fingerprint density at radius 2 is 2.18 bits per heavy atom. The van der Waals surface area contributed by atoms with Crippen LogP contribution in [-0.4, -0.2) is 45.8 Å². The Kier molecular flexibility index (Phi) is 5.40. The third kappa shape index (κ3) is 3.58. The van der Waals surface area contributed by atoms with E-state index in [0.29, 0.717) is 16.7 Å². The molecular formula is C14H17N3O4S. The molecule has 7 nitrogen and oxygen atoms in total. The van der Waals surface area contributed by atoms with Crippen molar-refractivity contribution in [1.29, 1.82) is 0 Å². The smallest absolute Gasteiger partial charge is 0.313 e. The molecule has 2 aromatic rings. The first-order valence-electron chi connectivity index (χ1n) is 6.54. The molecule has 0 aliphatic rings. The van der Waals surface area contributed by atoms with E-state index in [9.17, 15) is 4.79 Å². The quantitative estimate of drug-likeness (QED) is 0.781. The Morgan fingerprint density at radius 3 is 2.82 bits per heavy atom. The first-order valence-corrected chi connectivity index (χ1v) is 7.52. The lowest BCUT2D eigenvalue weighted by Crippen LogP contribution is -2.08. The molecule has 1 heterocycles. The van der Waals surface area contributed by atoms with E-state index >= 15 is 0 Å².